The molecule has 0 fully saturated rings. The first-order chi connectivity index (χ1) is 13.6. The van der Waals surface area contributed by atoms with Crippen molar-refractivity contribution in [3.05, 3.63) is 77.6 Å². The Morgan fingerprint density at radius 1 is 1.04 bits per heavy atom. The minimum absolute atomic E-state index is 0.271. The number of aromatic nitrogens is 4. The molecule has 28 heavy (non-hydrogen) atoms. The van der Waals surface area contributed by atoms with Crippen molar-refractivity contribution >= 4 is 5.95 Å². The Labute approximate surface area is 161 Å². The third-order valence-corrected chi connectivity index (χ3v) is 4.34. The fourth-order valence-electron chi connectivity index (χ4n) is 2.89. The molecule has 140 valence electrons. The van der Waals surface area contributed by atoms with Gasteiger partial charge in [-0.2, -0.15) is 0 Å². The first-order valence-corrected chi connectivity index (χ1v) is 8.82. The normalized spacial score (nSPS) is 10.8. The van der Waals surface area contributed by atoms with E-state index in [0.717, 1.165) is 17.0 Å². The molecule has 0 unspecified atom stereocenters. The van der Waals surface area contributed by atoms with E-state index in [2.05, 4.69) is 25.4 Å². The molecule has 3 aromatic heterocycles. The van der Waals surface area contributed by atoms with E-state index in [1.54, 1.807) is 30.6 Å². The lowest BCUT2D eigenvalue weighted by Gasteiger charge is -2.11. The molecule has 0 saturated heterocycles. The topological polar surface area (TPSA) is 76.7 Å². The molecule has 0 bridgehead atoms. The van der Waals surface area contributed by atoms with Crippen LogP contribution in [0.25, 0.3) is 22.6 Å². The van der Waals surface area contributed by atoms with Crippen LogP contribution in [-0.2, 0) is 6.54 Å². The summed E-state index contributed by atoms with van der Waals surface area (Å²) >= 11 is 0. The zero-order valence-corrected chi connectivity index (χ0v) is 15.5. The molecule has 4 rings (SSSR count). The summed E-state index contributed by atoms with van der Waals surface area (Å²) in [4.78, 5) is 13.4. The van der Waals surface area contributed by atoms with Crippen LogP contribution in [0.3, 0.4) is 0 Å². The summed E-state index contributed by atoms with van der Waals surface area (Å²) in [6.45, 7) is 4.05. The lowest BCUT2D eigenvalue weighted by molar-refractivity contribution is 0.427. The Morgan fingerprint density at radius 3 is 2.64 bits per heavy atom. The van der Waals surface area contributed by atoms with Crippen molar-refractivity contribution in [2.45, 2.75) is 20.4 Å². The Morgan fingerprint density at radius 2 is 1.89 bits per heavy atom. The van der Waals surface area contributed by atoms with Crippen LogP contribution in [0.1, 0.15) is 17.0 Å². The van der Waals surface area contributed by atoms with Crippen LogP contribution >= 0.6 is 0 Å². The van der Waals surface area contributed by atoms with Crippen molar-refractivity contribution in [3.8, 4) is 22.6 Å². The zero-order chi connectivity index (χ0) is 19.5. The van der Waals surface area contributed by atoms with Crippen LogP contribution in [-0.4, -0.2) is 20.1 Å². The smallest absolute Gasteiger partial charge is 0.223 e. The van der Waals surface area contributed by atoms with Gasteiger partial charge in [0.15, 0.2) is 5.76 Å². The molecule has 0 aliphatic carbocycles. The van der Waals surface area contributed by atoms with Crippen molar-refractivity contribution in [2.75, 3.05) is 5.32 Å². The van der Waals surface area contributed by atoms with Crippen molar-refractivity contribution < 1.29 is 8.91 Å². The predicted molar refractivity (Wildman–Crippen MR) is 104 cm³/mol. The average Bonchev–Trinajstić information content (AvgIpc) is 3.14. The lowest BCUT2D eigenvalue weighted by Crippen LogP contribution is -2.06. The zero-order valence-electron chi connectivity index (χ0n) is 15.5. The summed E-state index contributed by atoms with van der Waals surface area (Å²) in [6.07, 6.45) is 3.41. The molecule has 0 radical (unpaired) electrons. The maximum atomic E-state index is 13.9. The Kier molecular flexibility index (Phi) is 4.80. The summed E-state index contributed by atoms with van der Waals surface area (Å²) in [7, 11) is 0. The largest absolute Gasteiger partial charge is 0.356 e. The van der Waals surface area contributed by atoms with Crippen molar-refractivity contribution in [2.24, 2.45) is 0 Å². The minimum atomic E-state index is -0.271. The molecule has 3 heterocycles. The predicted octanol–water partition coefficient (Wildman–Crippen LogP) is 4.56. The lowest BCUT2D eigenvalue weighted by atomic mass is 10.0. The van der Waals surface area contributed by atoms with E-state index < -0.39 is 0 Å². The molecule has 1 aromatic carbocycles. The summed E-state index contributed by atoms with van der Waals surface area (Å²) < 4.78 is 19.3. The van der Waals surface area contributed by atoms with Crippen molar-refractivity contribution in [3.63, 3.8) is 0 Å². The van der Waals surface area contributed by atoms with Gasteiger partial charge in [-0.05, 0) is 32.0 Å². The number of aryl methyl sites for hydroxylation is 2. The highest BCUT2D eigenvalue weighted by molar-refractivity contribution is 5.79. The Bertz CT molecular complexity index is 1130. The van der Waals surface area contributed by atoms with Gasteiger partial charge in [-0.15, -0.1) is 0 Å². The van der Waals surface area contributed by atoms with E-state index in [1.807, 2.05) is 32.0 Å². The third kappa shape index (κ3) is 3.59. The number of rotatable bonds is 5. The van der Waals surface area contributed by atoms with E-state index >= 15 is 0 Å². The van der Waals surface area contributed by atoms with Crippen LogP contribution in [0.4, 0.5) is 10.3 Å². The first-order valence-electron chi connectivity index (χ1n) is 8.82. The van der Waals surface area contributed by atoms with Gasteiger partial charge in [0.25, 0.3) is 0 Å². The SMILES string of the molecule is Cc1cc(-c2cnc(NCc3ccccc3F)nc2-c2cccnc2C)on1. The number of nitrogens with one attached hydrogen (secondary N) is 1. The van der Waals surface area contributed by atoms with Crippen LogP contribution in [0.5, 0.6) is 0 Å². The molecule has 0 aliphatic heterocycles. The molecule has 0 aliphatic rings. The molecule has 0 atom stereocenters. The minimum Gasteiger partial charge on any atom is -0.356 e. The van der Waals surface area contributed by atoms with Gasteiger partial charge in [-0.1, -0.05) is 23.4 Å². The highest BCUT2D eigenvalue weighted by atomic mass is 19.1. The van der Waals surface area contributed by atoms with Gasteiger partial charge >= 0.3 is 0 Å². The molecule has 1 N–H and O–H groups in total. The van der Waals surface area contributed by atoms with Gasteiger partial charge in [0, 0.05) is 41.8 Å². The highest BCUT2D eigenvalue weighted by Gasteiger charge is 2.17. The fraction of sp³-hybridized carbons (Fsp3) is 0.143. The summed E-state index contributed by atoms with van der Waals surface area (Å²) in [5.74, 6) is 0.699. The van der Waals surface area contributed by atoms with Gasteiger partial charge in [0.2, 0.25) is 5.95 Å². The second kappa shape index (κ2) is 7.56. The van der Waals surface area contributed by atoms with Gasteiger partial charge < -0.3 is 9.84 Å². The first kappa shape index (κ1) is 17.8. The molecule has 7 heteroatoms. The average molecular weight is 375 g/mol. The van der Waals surface area contributed by atoms with Gasteiger partial charge in [-0.3, -0.25) is 4.98 Å². The molecule has 6 nitrogen and oxygen atoms in total. The van der Waals surface area contributed by atoms with Crippen LogP contribution < -0.4 is 5.32 Å². The Hall–Kier alpha value is -3.61. The Balaban J connectivity index is 1.73. The molecule has 0 saturated carbocycles. The molecular weight excluding hydrogens is 357 g/mol. The van der Waals surface area contributed by atoms with E-state index in [0.29, 0.717) is 28.5 Å². The maximum absolute atomic E-state index is 13.9. The van der Waals surface area contributed by atoms with Crippen LogP contribution in [0.2, 0.25) is 0 Å². The molecule has 4 aromatic rings. The standard InChI is InChI=1S/C21H18FN5O/c1-13-10-19(28-27-13)17-12-25-21(24-11-15-6-3-4-8-18(15)22)26-20(17)16-7-5-9-23-14(16)2/h3-10,12H,11H2,1-2H3,(H,24,25,26). The number of halogens is 1. The van der Waals surface area contributed by atoms with E-state index in [9.17, 15) is 4.39 Å². The van der Waals surface area contributed by atoms with E-state index in [4.69, 9.17) is 4.52 Å². The fourth-order valence-corrected chi connectivity index (χ4v) is 2.89. The second-order valence-electron chi connectivity index (χ2n) is 6.37. The number of pyridine rings is 1. The number of benzene rings is 1. The van der Waals surface area contributed by atoms with E-state index in [1.165, 1.54) is 6.07 Å². The molecule has 0 amide bonds. The summed E-state index contributed by atoms with van der Waals surface area (Å²) in [5, 5.41) is 7.04. The second-order valence-corrected chi connectivity index (χ2v) is 6.37. The van der Waals surface area contributed by atoms with Crippen molar-refractivity contribution in [1.82, 2.24) is 20.1 Å². The number of anilines is 1. The highest BCUT2D eigenvalue weighted by Crippen LogP contribution is 2.32. The summed E-state index contributed by atoms with van der Waals surface area (Å²) in [6, 6.07) is 12.2. The number of nitrogens with zero attached hydrogens (tertiary/aromatic N) is 4. The monoisotopic (exact) mass is 375 g/mol. The molecule has 0 spiro atoms. The van der Waals surface area contributed by atoms with Gasteiger partial charge in [0.1, 0.15) is 5.82 Å². The molecular formula is C21H18FN5O. The van der Waals surface area contributed by atoms with Gasteiger partial charge in [0.05, 0.1) is 17.0 Å². The quantitative estimate of drug-likeness (QED) is 0.551. The third-order valence-electron chi connectivity index (χ3n) is 4.34. The van der Waals surface area contributed by atoms with E-state index in [-0.39, 0.29) is 12.4 Å². The van der Waals surface area contributed by atoms with Gasteiger partial charge in [-0.25, -0.2) is 14.4 Å². The number of hydrogen-bond acceptors (Lipinski definition) is 6. The summed E-state index contributed by atoms with van der Waals surface area (Å²) in [5.41, 5.74) is 4.40. The van der Waals surface area contributed by atoms with Crippen LogP contribution in [0.15, 0.2) is 59.4 Å². The van der Waals surface area contributed by atoms with Crippen molar-refractivity contribution in [1.29, 1.82) is 0 Å². The van der Waals surface area contributed by atoms with Crippen LogP contribution in [0, 0.1) is 19.7 Å². The maximum Gasteiger partial charge on any atom is 0.223 e. The number of hydrogen-bond donors (Lipinski definition) is 1.